The summed E-state index contributed by atoms with van der Waals surface area (Å²) in [6.07, 6.45) is 0.234. The van der Waals surface area contributed by atoms with Crippen LogP contribution >= 0.6 is 0 Å². The maximum absolute atomic E-state index is 11.5. The van der Waals surface area contributed by atoms with Gasteiger partial charge in [0.05, 0.1) is 19.4 Å². The molecule has 3 rings (SSSR count). The number of rotatable bonds is 5. The fraction of sp³-hybridized carbons (Fsp3) is 0.429. The second-order valence-electron chi connectivity index (χ2n) is 5.41. The smallest absolute Gasteiger partial charge is 0.264 e. The molecule has 1 aromatic carbocycles. The lowest BCUT2D eigenvalue weighted by molar-refractivity contribution is 0.178. The van der Waals surface area contributed by atoms with Crippen LogP contribution in [0.3, 0.4) is 0 Å². The minimum Gasteiger partial charge on any atom is -0.380 e. The average Bonchev–Trinajstić information content (AvgIpc) is 2.96. The maximum atomic E-state index is 11.5. The number of hydrogen-bond donors (Lipinski definition) is 0. The number of methoxy groups -OCH3 is 1. The van der Waals surface area contributed by atoms with Crippen molar-refractivity contribution in [3.05, 3.63) is 46.0 Å². The Labute approximate surface area is 133 Å². The minimum absolute atomic E-state index is 0.302. The van der Waals surface area contributed by atoms with Gasteiger partial charge in [-0.1, -0.05) is 23.3 Å². The van der Waals surface area contributed by atoms with E-state index in [1.54, 1.807) is 7.11 Å². The number of nitrogens with zero attached hydrogens (tertiary/aromatic N) is 4. The van der Waals surface area contributed by atoms with Gasteiger partial charge in [-0.15, -0.1) is 0 Å². The lowest BCUT2D eigenvalue weighted by Gasteiger charge is -2.15. The summed E-state index contributed by atoms with van der Waals surface area (Å²) in [5, 5.41) is 4.78. The number of azide groups is 1. The number of aromatic nitrogens is 1. The Hall–Kier alpha value is -2.06. The fourth-order valence-corrected chi connectivity index (χ4v) is 3.79. The van der Waals surface area contributed by atoms with Crippen LogP contribution in [0.15, 0.2) is 29.4 Å². The summed E-state index contributed by atoms with van der Waals surface area (Å²) in [4.78, 5) is 2.86. The quantitative estimate of drug-likeness (QED) is 0.362. The first kappa shape index (κ1) is 15.8. The summed E-state index contributed by atoms with van der Waals surface area (Å²) < 4.78 is 35.3. The molecule has 0 unspecified atom stereocenters. The van der Waals surface area contributed by atoms with Gasteiger partial charge in [-0.25, -0.2) is 0 Å². The topological polar surface area (TPSA) is 106 Å². The number of ether oxygens (including phenoxy) is 1. The van der Waals surface area contributed by atoms with Crippen LogP contribution in [0.1, 0.15) is 17.3 Å². The highest BCUT2D eigenvalue weighted by Gasteiger charge is 2.39. The Kier molecular flexibility index (Phi) is 4.03. The van der Waals surface area contributed by atoms with Crippen molar-refractivity contribution in [2.24, 2.45) is 5.11 Å². The molecule has 0 amide bonds. The van der Waals surface area contributed by atoms with E-state index in [1.165, 1.54) is 0 Å². The molecule has 0 N–H and O–H groups in total. The highest BCUT2D eigenvalue weighted by Crippen LogP contribution is 2.41. The second-order valence-corrected chi connectivity index (χ2v) is 7.01. The van der Waals surface area contributed by atoms with E-state index in [-0.39, 0.29) is 0 Å². The molecule has 2 atom stereocenters. The van der Waals surface area contributed by atoms with Gasteiger partial charge in [-0.05, 0) is 11.6 Å². The van der Waals surface area contributed by atoms with Gasteiger partial charge in [0.1, 0.15) is 12.1 Å². The van der Waals surface area contributed by atoms with Crippen molar-refractivity contribution in [3.8, 4) is 0 Å². The third-order valence-corrected chi connectivity index (χ3v) is 4.47. The maximum Gasteiger partial charge on any atom is 0.264 e. The molecule has 0 saturated heterocycles. The Morgan fingerprint density at radius 2 is 2.17 bits per heavy atom. The Morgan fingerprint density at radius 3 is 2.83 bits per heavy atom. The summed E-state index contributed by atoms with van der Waals surface area (Å²) in [5.41, 5.74) is 11.5. The van der Waals surface area contributed by atoms with Gasteiger partial charge in [-0.3, -0.25) is 4.18 Å². The number of benzene rings is 1. The molecule has 1 aliphatic rings. The van der Waals surface area contributed by atoms with Crippen molar-refractivity contribution in [1.29, 1.82) is 0 Å². The normalized spacial score (nSPS) is 20.4. The summed E-state index contributed by atoms with van der Waals surface area (Å²) >= 11 is 0. The zero-order valence-corrected chi connectivity index (χ0v) is 13.5. The van der Waals surface area contributed by atoms with Crippen LogP contribution in [-0.4, -0.2) is 32.5 Å². The van der Waals surface area contributed by atoms with Crippen molar-refractivity contribution >= 4 is 21.0 Å². The standard InChI is InChI=1S/C14H16N4O4S/c1-21-8-10-9-5-3-4-6-11(9)18-7-12(22-23(2,19)20)13(14(10)18)16-17-15/h3-6,12-13H,7-8H2,1-2H3/t12-,13+/m1/s1. The van der Waals surface area contributed by atoms with Gasteiger partial charge in [0.2, 0.25) is 0 Å². The fourth-order valence-electron chi connectivity index (χ4n) is 3.17. The van der Waals surface area contributed by atoms with Crippen LogP contribution in [0.4, 0.5) is 0 Å². The van der Waals surface area contributed by atoms with Gasteiger partial charge >= 0.3 is 0 Å². The van der Waals surface area contributed by atoms with Gasteiger partial charge in [-0.2, -0.15) is 8.42 Å². The summed E-state index contributed by atoms with van der Waals surface area (Å²) in [6.45, 7) is 0.641. The molecule has 1 aliphatic heterocycles. The molecule has 0 aliphatic carbocycles. The Morgan fingerprint density at radius 1 is 1.43 bits per heavy atom. The summed E-state index contributed by atoms with van der Waals surface area (Å²) in [6, 6.07) is 7.01. The van der Waals surface area contributed by atoms with Crippen LogP contribution in [0, 0.1) is 0 Å². The number of hydrogen-bond acceptors (Lipinski definition) is 5. The van der Waals surface area contributed by atoms with E-state index in [9.17, 15) is 8.42 Å². The van der Waals surface area contributed by atoms with Crippen LogP contribution in [0.5, 0.6) is 0 Å². The van der Waals surface area contributed by atoms with Crippen molar-refractivity contribution in [2.45, 2.75) is 25.3 Å². The third kappa shape index (κ3) is 2.79. The zero-order valence-electron chi connectivity index (χ0n) is 12.7. The molecule has 23 heavy (non-hydrogen) atoms. The average molecular weight is 336 g/mol. The lowest BCUT2D eigenvalue weighted by Crippen LogP contribution is -2.22. The van der Waals surface area contributed by atoms with E-state index in [0.29, 0.717) is 13.2 Å². The van der Waals surface area contributed by atoms with Gasteiger partial charge in [0, 0.05) is 34.2 Å². The van der Waals surface area contributed by atoms with Crippen molar-refractivity contribution in [2.75, 3.05) is 13.4 Å². The van der Waals surface area contributed by atoms with Gasteiger partial charge < -0.3 is 9.30 Å². The van der Waals surface area contributed by atoms with E-state index in [2.05, 4.69) is 10.0 Å². The van der Waals surface area contributed by atoms with E-state index in [0.717, 1.165) is 28.4 Å². The highest BCUT2D eigenvalue weighted by molar-refractivity contribution is 7.86. The molecule has 122 valence electrons. The first-order valence-corrected chi connectivity index (χ1v) is 8.79. The highest BCUT2D eigenvalue weighted by atomic mass is 32.2. The number of para-hydroxylation sites is 1. The first-order chi connectivity index (χ1) is 11.0. The van der Waals surface area contributed by atoms with Crippen LogP contribution in [0.25, 0.3) is 21.3 Å². The molecule has 0 radical (unpaired) electrons. The molecule has 1 aromatic heterocycles. The predicted octanol–water partition coefficient (Wildman–Crippen LogP) is 2.50. The van der Waals surface area contributed by atoms with E-state index in [1.807, 2.05) is 28.8 Å². The monoisotopic (exact) mass is 336 g/mol. The van der Waals surface area contributed by atoms with Crippen molar-refractivity contribution in [1.82, 2.24) is 4.57 Å². The van der Waals surface area contributed by atoms with E-state index < -0.39 is 22.3 Å². The molecule has 0 fully saturated rings. The molecule has 2 heterocycles. The summed E-state index contributed by atoms with van der Waals surface area (Å²) in [5.74, 6) is 0. The van der Waals surface area contributed by atoms with Crippen LogP contribution in [-0.2, 0) is 32.2 Å². The SMILES string of the molecule is COCc1c2n(c3ccccc13)C[C@@H](OS(C)(=O)=O)[C@@H]2N=[N+]=[N-]. The Bertz CT molecular complexity index is 899. The van der Waals surface area contributed by atoms with Gasteiger partial charge in [0.25, 0.3) is 10.1 Å². The first-order valence-electron chi connectivity index (χ1n) is 6.97. The molecule has 8 nitrogen and oxygen atoms in total. The molecule has 9 heteroatoms. The molecule has 0 spiro atoms. The molecular formula is C14H16N4O4S. The van der Waals surface area contributed by atoms with Crippen LogP contribution < -0.4 is 0 Å². The largest absolute Gasteiger partial charge is 0.380 e. The second kappa shape index (κ2) is 5.86. The van der Waals surface area contributed by atoms with E-state index in [4.69, 9.17) is 14.5 Å². The van der Waals surface area contributed by atoms with Crippen LogP contribution in [0.2, 0.25) is 0 Å². The van der Waals surface area contributed by atoms with Crippen molar-refractivity contribution < 1.29 is 17.3 Å². The zero-order chi connectivity index (χ0) is 16.6. The molecule has 0 bridgehead atoms. The summed E-state index contributed by atoms with van der Waals surface area (Å²) in [7, 11) is -2.08. The lowest BCUT2D eigenvalue weighted by atomic mass is 10.0. The minimum atomic E-state index is -3.66. The van der Waals surface area contributed by atoms with E-state index >= 15 is 0 Å². The predicted molar refractivity (Wildman–Crippen MR) is 84.3 cm³/mol. The number of fused-ring (bicyclic) bond motifs is 3. The molecular weight excluding hydrogens is 320 g/mol. The third-order valence-electron chi connectivity index (χ3n) is 3.88. The van der Waals surface area contributed by atoms with Gasteiger partial charge in [0.15, 0.2) is 0 Å². The van der Waals surface area contributed by atoms with Crippen molar-refractivity contribution in [3.63, 3.8) is 0 Å². The molecule has 0 saturated carbocycles. The molecule has 2 aromatic rings. The Balaban J connectivity index is 2.19.